The fourth-order valence-electron chi connectivity index (χ4n) is 4.49. The van der Waals surface area contributed by atoms with E-state index >= 15 is 0 Å². The van der Waals surface area contributed by atoms with Gasteiger partial charge in [-0.3, -0.25) is 4.90 Å². The van der Waals surface area contributed by atoms with Gasteiger partial charge in [0.25, 0.3) is 0 Å². The van der Waals surface area contributed by atoms with Crippen LogP contribution in [-0.2, 0) is 24.9 Å². The van der Waals surface area contributed by atoms with Crippen LogP contribution in [-0.4, -0.2) is 36.5 Å². The number of likely N-dealkylation sites (tertiary alicyclic amines) is 1. The van der Waals surface area contributed by atoms with Gasteiger partial charge >= 0.3 is 0 Å². The average Bonchev–Trinajstić information content (AvgIpc) is 3.05. The summed E-state index contributed by atoms with van der Waals surface area (Å²) in [5.41, 5.74) is 3.43. The van der Waals surface area contributed by atoms with Crippen molar-refractivity contribution in [1.82, 2.24) is 9.80 Å². The normalized spacial score (nSPS) is 21.1. The van der Waals surface area contributed by atoms with Crippen molar-refractivity contribution in [3.63, 3.8) is 0 Å². The van der Waals surface area contributed by atoms with Crippen molar-refractivity contribution in [3.8, 4) is 0 Å². The van der Waals surface area contributed by atoms with Crippen molar-refractivity contribution in [2.24, 2.45) is 0 Å². The zero-order valence-corrected chi connectivity index (χ0v) is 14.9. The molecule has 3 heteroatoms. The van der Waals surface area contributed by atoms with E-state index in [1.54, 1.807) is 5.56 Å². The van der Waals surface area contributed by atoms with Gasteiger partial charge < -0.3 is 9.32 Å². The molecule has 0 bridgehead atoms. The Morgan fingerprint density at radius 1 is 1.04 bits per heavy atom. The highest BCUT2D eigenvalue weighted by atomic mass is 16.3. The minimum absolute atomic E-state index is 0.321. The van der Waals surface area contributed by atoms with E-state index in [1.165, 1.54) is 31.5 Å². The first kappa shape index (κ1) is 15.9. The van der Waals surface area contributed by atoms with E-state index in [2.05, 4.69) is 60.2 Å². The molecule has 4 rings (SSSR count). The van der Waals surface area contributed by atoms with Crippen LogP contribution in [0.5, 0.6) is 0 Å². The maximum atomic E-state index is 5.97. The standard InChI is InChI=1S/C21H28N2O/c1-3-18-8-9-19(24-18)15-23-14-17-6-4-5-7-20(17)21(16-23)10-12-22(2)13-11-21/h4-9H,3,10-16H2,1-2H3. The Labute approximate surface area is 145 Å². The lowest BCUT2D eigenvalue weighted by Crippen LogP contribution is -2.51. The summed E-state index contributed by atoms with van der Waals surface area (Å²) in [5.74, 6) is 2.20. The lowest BCUT2D eigenvalue weighted by atomic mass is 9.69. The van der Waals surface area contributed by atoms with Crippen molar-refractivity contribution < 1.29 is 4.42 Å². The Hall–Kier alpha value is -1.58. The van der Waals surface area contributed by atoms with Crippen LogP contribution in [0.25, 0.3) is 0 Å². The molecular weight excluding hydrogens is 296 g/mol. The van der Waals surface area contributed by atoms with Gasteiger partial charge in [-0.05, 0) is 56.2 Å². The Morgan fingerprint density at radius 2 is 1.79 bits per heavy atom. The van der Waals surface area contributed by atoms with E-state index in [1.807, 2.05) is 0 Å². The number of fused-ring (bicyclic) bond motifs is 2. The molecule has 2 aliphatic heterocycles. The molecule has 0 unspecified atom stereocenters. The molecular formula is C21H28N2O. The molecule has 3 nitrogen and oxygen atoms in total. The van der Waals surface area contributed by atoms with Crippen LogP contribution in [0.2, 0.25) is 0 Å². The van der Waals surface area contributed by atoms with Gasteiger partial charge in [-0.15, -0.1) is 0 Å². The maximum Gasteiger partial charge on any atom is 0.118 e. The van der Waals surface area contributed by atoms with Gasteiger partial charge in [-0.1, -0.05) is 31.2 Å². The highest BCUT2D eigenvalue weighted by Gasteiger charge is 2.41. The van der Waals surface area contributed by atoms with E-state index in [9.17, 15) is 0 Å². The summed E-state index contributed by atoms with van der Waals surface area (Å²) in [6, 6.07) is 13.4. The Balaban J connectivity index is 1.60. The van der Waals surface area contributed by atoms with Crippen LogP contribution in [0.1, 0.15) is 42.4 Å². The molecule has 0 amide bonds. The minimum Gasteiger partial charge on any atom is -0.465 e. The largest absolute Gasteiger partial charge is 0.465 e. The smallest absolute Gasteiger partial charge is 0.118 e. The molecule has 1 fully saturated rings. The molecule has 1 saturated heterocycles. The van der Waals surface area contributed by atoms with E-state index in [4.69, 9.17) is 4.42 Å². The van der Waals surface area contributed by atoms with E-state index in [0.717, 1.165) is 37.6 Å². The van der Waals surface area contributed by atoms with Crippen LogP contribution in [0.3, 0.4) is 0 Å². The first-order valence-corrected chi connectivity index (χ1v) is 9.25. The van der Waals surface area contributed by atoms with Crippen LogP contribution in [0.15, 0.2) is 40.8 Å². The molecule has 1 aromatic carbocycles. The molecule has 0 atom stereocenters. The fourth-order valence-corrected chi connectivity index (χ4v) is 4.49. The number of rotatable bonds is 3. The van der Waals surface area contributed by atoms with Crippen molar-refractivity contribution >= 4 is 0 Å². The fraction of sp³-hybridized carbons (Fsp3) is 0.524. The molecule has 0 N–H and O–H groups in total. The van der Waals surface area contributed by atoms with Crippen molar-refractivity contribution in [1.29, 1.82) is 0 Å². The lowest BCUT2D eigenvalue weighted by molar-refractivity contribution is 0.100. The molecule has 3 heterocycles. The second-order valence-corrected chi connectivity index (χ2v) is 7.61. The van der Waals surface area contributed by atoms with Gasteiger partial charge in [-0.25, -0.2) is 0 Å². The molecule has 1 spiro atoms. The zero-order valence-electron chi connectivity index (χ0n) is 14.9. The third-order valence-electron chi connectivity index (χ3n) is 5.90. The number of hydrogen-bond donors (Lipinski definition) is 0. The topological polar surface area (TPSA) is 19.6 Å². The van der Waals surface area contributed by atoms with Crippen LogP contribution < -0.4 is 0 Å². The number of benzene rings is 1. The summed E-state index contributed by atoms with van der Waals surface area (Å²) in [6.07, 6.45) is 3.49. The quantitative estimate of drug-likeness (QED) is 0.856. The first-order chi connectivity index (χ1) is 11.7. The maximum absolute atomic E-state index is 5.97. The predicted octanol–water partition coefficient (Wildman–Crippen LogP) is 3.82. The Bertz CT molecular complexity index is 697. The van der Waals surface area contributed by atoms with E-state index in [0.29, 0.717) is 5.41 Å². The number of nitrogens with zero attached hydrogens (tertiary/aromatic N) is 2. The molecule has 0 saturated carbocycles. The lowest BCUT2D eigenvalue weighted by Gasteiger charge is -2.48. The first-order valence-electron chi connectivity index (χ1n) is 9.25. The van der Waals surface area contributed by atoms with Crippen molar-refractivity contribution in [3.05, 3.63) is 59.0 Å². The predicted molar refractivity (Wildman–Crippen MR) is 97.1 cm³/mol. The summed E-state index contributed by atoms with van der Waals surface area (Å²) in [6.45, 7) is 7.65. The van der Waals surface area contributed by atoms with Crippen molar-refractivity contribution in [2.45, 2.75) is 44.7 Å². The minimum atomic E-state index is 0.321. The molecule has 128 valence electrons. The molecule has 2 aliphatic rings. The van der Waals surface area contributed by atoms with Gasteiger partial charge in [-0.2, -0.15) is 0 Å². The third-order valence-corrected chi connectivity index (χ3v) is 5.90. The molecule has 24 heavy (non-hydrogen) atoms. The highest BCUT2D eigenvalue weighted by molar-refractivity contribution is 5.38. The van der Waals surface area contributed by atoms with Crippen LogP contribution >= 0.6 is 0 Å². The number of piperidine rings is 1. The van der Waals surface area contributed by atoms with Gasteiger partial charge in [0.05, 0.1) is 6.54 Å². The molecule has 2 aromatic rings. The molecule has 0 radical (unpaired) electrons. The van der Waals surface area contributed by atoms with Gasteiger partial charge in [0, 0.05) is 24.9 Å². The summed E-state index contributed by atoms with van der Waals surface area (Å²) >= 11 is 0. The second-order valence-electron chi connectivity index (χ2n) is 7.61. The Morgan fingerprint density at radius 3 is 2.54 bits per heavy atom. The number of aryl methyl sites for hydroxylation is 1. The second kappa shape index (κ2) is 6.38. The summed E-state index contributed by atoms with van der Waals surface area (Å²) in [4.78, 5) is 5.05. The Kier molecular flexibility index (Phi) is 4.23. The van der Waals surface area contributed by atoms with Gasteiger partial charge in [0.15, 0.2) is 0 Å². The monoisotopic (exact) mass is 324 g/mol. The van der Waals surface area contributed by atoms with Gasteiger partial charge in [0.1, 0.15) is 11.5 Å². The third kappa shape index (κ3) is 2.91. The van der Waals surface area contributed by atoms with Crippen molar-refractivity contribution in [2.75, 3.05) is 26.7 Å². The number of furan rings is 1. The summed E-state index contributed by atoms with van der Waals surface area (Å²) in [5, 5.41) is 0. The van der Waals surface area contributed by atoms with E-state index in [-0.39, 0.29) is 0 Å². The molecule has 1 aromatic heterocycles. The SMILES string of the molecule is CCc1ccc(CN2Cc3ccccc3C3(CCN(C)CC3)C2)o1. The summed E-state index contributed by atoms with van der Waals surface area (Å²) < 4.78 is 5.97. The summed E-state index contributed by atoms with van der Waals surface area (Å²) in [7, 11) is 2.24. The van der Waals surface area contributed by atoms with E-state index < -0.39 is 0 Å². The zero-order chi connectivity index (χ0) is 16.6. The highest BCUT2D eigenvalue weighted by Crippen LogP contribution is 2.41. The van der Waals surface area contributed by atoms with Crippen LogP contribution in [0.4, 0.5) is 0 Å². The van der Waals surface area contributed by atoms with Crippen LogP contribution in [0, 0.1) is 0 Å². The average molecular weight is 324 g/mol. The molecule has 0 aliphatic carbocycles. The van der Waals surface area contributed by atoms with Gasteiger partial charge in [0.2, 0.25) is 0 Å². The number of hydrogen-bond acceptors (Lipinski definition) is 3.